The van der Waals surface area contributed by atoms with Crippen LogP contribution in [0.1, 0.15) is 26.7 Å². The molecule has 8 heavy (non-hydrogen) atoms. The van der Waals surface area contributed by atoms with Crippen molar-refractivity contribution >= 4 is 0 Å². The van der Waals surface area contributed by atoms with E-state index < -0.39 is 0 Å². The van der Waals surface area contributed by atoms with Gasteiger partial charge in [0.25, 0.3) is 0 Å². The number of hydrogen-bond acceptors (Lipinski definition) is 1. The number of hydrogen-bond donors (Lipinski definition) is 0. The fraction of sp³-hybridized carbons (Fsp3) is 0.667. The maximum absolute atomic E-state index is 8.39. The molecule has 0 radical (unpaired) electrons. The molecule has 0 saturated carbocycles. The summed E-state index contributed by atoms with van der Waals surface area (Å²) in [6.07, 6.45) is 2.00. The van der Waals surface area contributed by atoms with Gasteiger partial charge < -0.3 is 13.8 Å². The third kappa shape index (κ3) is 478. The molecule has 0 saturated heterocycles. The minimum atomic E-state index is 0.0556. The van der Waals surface area contributed by atoms with Crippen molar-refractivity contribution in [2.24, 2.45) is 0 Å². The average Bonchev–Trinajstić information content (AvgIpc) is 1.75. The molecule has 0 spiro atoms. The average molecular weight is 281 g/mol. The molecule has 48 valence electrons. The van der Waals surface area contributed by atoms with Crippen LogP contribution in [0.3, 0.4) is 0 Å². The molecular weight excluding hydrogens is 267 g/mol. The summed E-state index contributed by atoms with van der Waals surface area (Å²) in [7, 11) is 0. The summed E-state index contributed by atoms with van der Waals surface area (Å²) < 4.78 is 8.39. The van der Waals surface area contributed by atoms with Crippen LogP contribution < -0.4 is 0 Å². The molecule has 1 nitrogen and oxygen atoms in total. The van der Waals surface area contributed by atoms with Crippen LogP contribution >= 0.6 is 0 Å². The predicted molar refractivity (Wildman–Crippen MR) is 32.0 cm³/mol. The summed E-state index contributed by atoms with van der Waals surface area (Å²) in [5, 5.41) is 0. The molecule has 0 aliphatic rings. The molecular formula is C6H14HfO. The molecule has 0 bridgehead atoms. The first-order chi connectivity index (χ1) is 3.83. The van der Waals surface area contributed by atoms with Gasteiger partial charge in [0.1, 0.15) is 0 Å². The molecule has 0 aromatic rings. The van der Waals surface area contributed by atoms with Gasteiger partial charge in [-0.3, -0.25) is 0 Å². The minimum absolute atomic E-state index is 0.0556. The number of rotatable bonds is 0. The van der Waals surface area contributed by atoms with Crippen molar-refractivity contribution in [2.75, 3.05) is 0 Å². The van der Waals surface area contributed by atoms with Gasteiger partial charge in [0, 0.05) is 0 Å². The molecule has 2 heteroatoms. The predicted octanol–water partition coefficient (Wildman–Crippen LogP) is 2.34. The molecule has 0 aromatic heterocycles. The van der Waals surface area contributed by atoms with E-state index in [1.54, 1.807) is 0 Å². The summed E-state index contributed by atoms with van der Waals surface area (Å²) in [5.41, 5.74) is 0. The Morgan fingerprint density at radius 3 is 1.12 bits per heavy atom. The Morgan fingerprint density at radius 1 is 1.12 bits per heavy atom. The van der Waals surface area contributed by atoms with E-state index in [1.165, 1.54) is 0 Å². The first kappa shape index (κ1) is 15.9. The second kappa shape index (κ2) is 47.9. The van der Waals surface area contributed by atoms with Gasteiger partial charge in [-0.1, -0.05) is 13.8 Å². The second-order valence-electron chi connectivity index (χ2n) is 1.000. The van der Waals surface area contributed by atoms with Crippen molar-refractivity contribution in [3.63, 3.8) is 0 Å². The van der Waals surface area contributed by atoms with Crippen molar-refractivity contribution < 1.29 is 27.2 Å². The van der Waals surface area contributed by atoms with Crippen LogP contribution in [0.4, 0.5) is 0 Å². The first-order valence-corrected chi connectivity index (χ1v) is 4.09. The van der Waals surface area contributed by atoms with E-state index in [0.29, 0.717) is 0 Å². The monoisotopic (exact) mass is 282 g/mol. The van der Waals surface area contributed by atoms with Crippen molar-refractivity contribution in [3.8, 4) is 0 Å². The molecule has 0 N–H and O–H groups in total. The summed E-state index contributed by atoms with van der Waals surface area (Å²) in [5.74, 6) is 0. The van der Waals surface area contributed by atoms with Crippen LogP contribution in [0.5, 0.6) is 0 Å². The van der Waals surface area contributed by atoms with Crippen LogP contribution in [0.2, 0.25) is 0 Å². The zero-order valence-corrected chi connectivity index (χ0v) is 9.33. The van der Waals surface area contributed by atoms with E-state index in [1.807, 2.05) is 13.8 Å². The van der Waals surface area contributed by atoms with Gasteiger partial charge in [-0.25, -0.2) is 0 Å². The quantitative estimate of drug-likeness (QED) is 0.492. The molecule has 0 aliphatic heterocycles. The van der Waals surface area contributed by atoms with E-state index in [2.05, 4.69) is 13.8 Å². The van der Waals surface area contributed by atoms with Crippen molar-refractivity contribution in [1.29, 1.82) is 0 Å². The Balaban J connectivity index is -0.0000000483. The Labute approximate surface area is 67.9 Å². The van der Waals surface area contributed by atoms with E-state index in [4.69, 9.17) is 2.85 Å². The molecule has 0 fully saturated rings. The Bertz CT molecular complexity index is 16.0. The molecule has 0 unspecified atom stereocenters. The zero-order chi connectivity index (χ0) is 7.41. The van der Waals surface area contributed by atoms with E-state index >= 15 is 0 Å². The standard InChI is InChI=1S/2C3H7.Hf.O/c2*1-3-2;;/h2*1,3H2,2H3;;/q2*-1;+2;. The first-order valence-electron chi connectivity index (χ1n) is 2.62. The summed E-state index contributed by atoms with van der Waals surface area (Å²) in [6, 6.07) is 0. The Kier molecular flexibility index (Phi) is 94.9. The fourth-order valence-corrected chi connectivity index (χ4v) is 0. The van der Waals surface area contributed by atoms with E-state index in [9.17, 15) is 0 Å². The molecule has 0 amide bonds. The molecule has 0 heterocycles. The van der Waals surface area contributed by atoms with Gasteiger partial charge in [0.2, 0.25) is 0 Å². The van der Waals surface area contributed by atoms with Crippen LogP contribution in [0.25, 0.3) is 0 Å². The topological polar surface area (TPSA) is 17.1 Å². The van der Waals surface area contributed by atoms with Gasteiger partial charge >= 0.3 is 27.2 Å². The van der Waals surface area contributed by atoms with Gasteiger partial charge in [-0.05, 0) is 0 Å². The molecule has 0 aliphatic carbocycles. The molecule has 0 rings (SSSR count). The van der Waals surface area contributed by atoms with Crippen LogP contribution in [-0.4, -0.2) is 0 Å². The zero-order valence-electron chi connectivity index (χ0n) is 5.74. The van der Waals surface area contributed by atoms with Gasteiger partial charge in [0.05, 0.1) is 0 Å². The SMILES string of the molecule is [CH2-]CC.[CH2-]CC.[O]=[Hf+2]. The van der Waals surface area contributed by atoms with Gasteiger partial charge in [0.15, 0.2) is 0 Å². The van der Waals surface area contributed by atoms with Crippen LogP contribution in [-0.2, 0) is 27.2 Å². The third-order valence-corrected chi connectivity index (χ3v) is 0. The summed E-state index contributed by atoms with van der Waals surface area (Å²) >= 11 is 0.0556. The maximum atomic E-state index is 8.39. The summed E-state index contributed by atoms with van der Waals surface area (Å²) in [4.78, 5) is 0. The normalized spacial score (nSPS) is 5.25. The molecule has 0 atom stereocenters. The van der Waals surface area contributed by atoms with Crippen molar-refractivity contribution in [2.45, 2.75) is 26.7 Å². The molecule has 0 aromatic carbocycles. The van der Waals surface area contributed by atoms with Gasteiger partial charge in [-0.15, -0.1) is 0 Å². The van der Waals surface area contributed by atoms with Crippen LogP contribution in [0, 0.1) is 13.8 Å². The van der Waals surface area contributed by atoms with Crippen molar-refractivity contribution in [1.82, 2.24) is 0 Å². The van der Waals surface area contributed by atoms with Crippen molar-refractivity contribution in [3.05, 3.63) is 13.8 Å². The third-order valence-electron chi connectivity index (χ3n) is 0. The van der Waals surface area contributed by atoms with Gasteiger partial charge in [-0.2, -0.15) is 12.8 Å². The Hall–Kier alpha value is 0.670. The summed E-state index contributed by atoms with van der Waals surface area (Å²) in [6.45, 7) is 11.0. The van der Waals surface area contributed by atoms with Crippen LogP contribution in [0.15, 0.2) is 0 Å². The second-order valence-corrected chi connectivity index (χ2v) is 1.000. The Morgan fingerprint density at radius 2 is 1.12 bits per heavy atom. The fourth-order valence-electron chi connectivity index (χ4n) is 0. The van der Waals surface area contributed by atoms with E-state index in [0.717, 1.165) is 12.8 Å². The van der Waals surface area contributed by atoms with E-state index in [-0.39, 0.29) is 24.4 Å².